The van der Waals surface area contributed by atoms with Crippen LogP contribution in [0.2, 0.25) is 5.02 Å². The average molecular weight is 331 g/mol. The molecule has 23 heavy (non-hydrogen) atoms. The maximum atomic E-state index is 11.5. The molecular formula is C15H15ClN6O. The Labute approximate surface area is 138 Å². The topological polar surface area (TPSA) is 117 Å². The first kappa shape index (κ1) is 16.5. The van der Waals surface area contributed by atoms with Crippen molar-refractivity contribution >= 4 is 34.8 Å². The third-order valence-corrected chi connectivity index (χ3v) is 3.12. The fourth-order valence-corrected chi connectivity index (χ4v) is 2.08. The highest BCUT2D eigenvalue weighted by Crippen LogP contribution is 2.25. The Hall–Kier alpha value is -2.85. The van der Waals surface area contributed by atoms with E-state index in [1.165, 1.54) is 18.5 Å². The smallest absolute Gasteiger partial charge is 0.252 e. The molecule has 0 fully saturated rings. The van der Waals surface area contributed by atoms with E-state index in [1.54, 1.807) is 6.07 Å². The molecule has 0 aliphatic carbocycles. The summed E-state index contributed by atoms with van der Waals surface area (Å²) in [5.41, 5.74) is 6.57. The van der Waals surface area contributed by atoms with Crippen LogP contribution in [0.3, 0.4) is 0 Å². The Balaban J connectivity index is 2.34. The number of rotatable bonds is 5. The van der Waals surface area contributed by atoms with Gasteiger partial charge in [0.25, 0.3) is 5.91 Å². The van der Waals surface area contributed by atoms with E-state index in [2.05, 4.69) is 20.6 Å². The van der Waals surface area contributed by atoms with Gasteiger partial charge >= 0.3 is 0 Å². The Morgan fingerprint density at radius 2 is 2.09 bits per heavy atom. The van der Waals surface area contributed by atoms with Gasteiger partial charge in [0, 0.05) is 24.5 Å². The van der Waals surface area contributed by atoms with Gasteiger partial charge in [0.05, 0.1) is 21.8 Å². The molecule has 0 bridgehead atoms. The summed E-state index contributed by atoms with van der Waals surface area (Å²) in [4.78, 5) is 19.7. The van der Waals surface area contributed by atoms with Gasteiger partial charge in [-0.05, 0) is 19.9 Å². The predicted molar refractivity (Wildman–Crippen MR) is 88.8 cm³/mol. The van der Waals surface area contributed by atoms with Crippen LogP contribution in [0.5, 0.6) is 0 Å². The number of hydrogen-bond acceptors (Lipinski definition) is 6. The second-order valence-electron chi connectivity index (χ2n) is 5.07. The minimum absolute atomic E-state index is 0.111. The van der Waals surface area contributed by atoms with Gasteiger partial charge in [0.15, 0.2) is 0 Å². The highest BCUT2D eigenvalue weighted by Gasteiger charge is 2.12. The van der Waals surface area contributed by atoms with Crippen LogP contribution in [-0.2, 0) is 0 Å². The molecule has 2 rings (SSSR count). The van der Waals surface area contributed by atoms with Crippen LogP contribution in [0.25, 0.3) is 0 Å². The van der Waals surface area contributed by atoms with Crippen molar-refractivity contribution in [1.29, 1.82) is 5.26 Å². The summed E-state index contributed by atoms with van der Waals surface area (Å²) in [5.74, 6) is 0.236. The molecule has 1 amide bonds. The summed E-state index contributed by atoms with van der Waals surface area (Å²) in [6, 6.07) is 5.22. The van der Waals surface area contributed by atoms with Crippen molar-refractivity contribution in [3.05, 3.63) is 40.7 Å². The SMILES string of the molecule is CC(C)Nc1cc(Nc2ncc(C#N)cc2Cl)ncc1C(N)=O. The summed E-state index contributed by atoms with van der Waals surface area (Å²) in [6.45, 7) is 3.88. The normalized spacial score (nSPS) is 10.2. The van der Waals surface area contributed by atoms with Gasteiger partial charge in [-0.25, -0.2) is 9.97 Å². The molecule has 118 valence electrons. The maximum absolute atomic E-state index is 11.5. The summed E-state index contributed by atoms with van der Waals surface area (Å²) >= 11 is 6.07. The van der Waals surface area contributed by atoms with Crippen molar-refractivity contribution < 1.29 is 4.79 Å². The molecule has 0 atom stereocenters. The number of nitrogens with zero attached hydrogens (tertiary/aromatic N) is 3. The van der Waals surface area contributed by atoms with Crippen LogP contribution >= 0.6 is 11.6 Å². The first-order valence-electron chi connectivity index (χ1n) is 6.79. The van der Waals surface area contributed by atoms with Gasteiger partial charge in [-0.3, -0.25) is 4.79 Å². The van der Waals surface area contributed by atoms with Crippen LogP contribution in [0, 0.1) is 11.3 Å². The molecule has 0 saturated carbocycles. The van der Waals surface area contributed by atoms with E-state index in [4.69, 9.17) is 22.6 Å². The van der Waals surface area contributed by atoms with Crippen LogP contribution in [-0.4, -0.2) is 21.9 Å². The molecule has 8 heteroatoms. The Morgan fingerprint density at radius 3 is 2.65 bits per heavy atom. The van der Waals surface area contributed by atoms with Crippen LogP contribution < -0.4 is 16.4 Å². The number of nitriles is 1. The average Bonchev–Trinajstić information content (AvgIpc) is 2.48. The summed E-state index contributed by atoms with van der Waals surface area (Å²) in [5, 5.41) is 15.2. The molecular weight excluding hydrogens is 316 g/mol. The number of aromatic nitrogens is 2. The fourth-order valence-electron chi connectivity index (χ4n) is 1.86. The maximum Gasteiger partial charge on any atom is 0.252 e. The molecule has 4 N–H and O–H groups in total. The standard InChI is InChI=1S/C15H15ClN6O/c1-8(2)21-12-4-13(19-7-10(12)14(18)23)22-15-11(16)3-9(5-17)6-20-15/h3-4,6-8H,1-2H3,(H2,18,23)(H2,19,20,21,22). The largest absolute Gasteiger partial charge is 0.382 e. The van der Waals surface area contributed by atoms with Crippen LogP contribution in [0.1, 0.15) is 29.8 Å². The Kier molecular flexibility index (Phi) is 4.98. The third-order valence-electron chi connectivity index (χ3n) is 2.83. The number of nitrogens with two attached hydrogens (primary N) is 1. The molecule has 2 aromatic heterocycles. The zero-order valence-electron chi connectivity index (χ0n) is 12.6. The number of hydrogen-bond donors (Lipinski definition) is 3. The molecule has 0 radical (unpaired) electrons. The quantitative estimate of drug-likeness (QED) is 0.776. The number of amides is 1. The predicted octanol–water partition coefficient (Wildman–Crippen LogP) is 2.66. The van der Waals surface area contributed by atoms with E-state index in [1.807, 2.05) is 19.9 Å². The van der Waals surface area contributed by atoms with Crippen LogP contribution in [0.15, 0.2) is 24.5 Å². The number of carbonyl (C=O) groups is 1. The van der Waals surface area contributed by atoms with Crippen molar-refractivity contribution in [2.24, 2.45) is 5.73 Å². The summed E-state index contributed by atoms with van der Waals surface area (Å²) in [7, 11) is 0. The third kappa shape index (κ3) is 4.08. The Bertz CT molecular complexity index is 784. The fraction of sp³-hybridized carbons (Fsp3) is 0.200. The van der Waals surface area contributed by atoms with Gasteiger partial charge in [0.2, 0.25) is 0 Å². The highest BCUT2D eigenvalue weighted by atomic mass is 35.5. The minimum Gasteiger partial charge on any atom is -0.382 e. The lowest BCUT2D eigenvalue weighted by atomic mass is 10.2. The van der Waals surface area contributed by atoms with Crippen molar-refractivity contribution in [2.75, 3.05) is 10.6 Å². The van der Waals surface area contributed by atoms with Gasteiger partial charge in [-0.1, -0.05) is 11.6 Å². The number of pyridine rings is 2. The van der Waals surface area contributed by atoms with E-state index < -0.39 is 5.91 Å². The zero-order chi connectivity index (χ0) is 17.0. The second kappa shape index (κ2) is 6.94. The molecule has 0 saturated heterocycles. The molecule has 0 aliphatic rings. The number of halogens is 1. The van der Waals surface area contributed by atoms with Gasteiger partial charge < -0.3 is 16.4 Å². The lowest BCUT2D eigenvalue weighted by Gasteiger charge is -2.15. The first-order valence-corrected chi connectivity index (χ1v) is 7.17. The highest BCUT2D eigenvalue weighted by molar-refractivity contribution is 6.33. The summed E-state index contributed by atoms with van der Waals surface area (Å²) in [6.07, 6.45) is 2.78. The van der Waals surface area contributed by atoms with E-state index in [0.717, 1.165) is 0 Å². The van der Waals surface area contributed by atoms with Gasteiger partial charge in [-0.2, -0.15) is 5.26 Å². The zero-order valence-corrected chi connectivity index (χ0v) is 13.3. The van der Waals surface area contributed by atoms with Gasteiger partial charge in [0.1, 0.15) is 17.7 Å². The molecule has 2 aromatic rings. The molecule has 0 spiro atoms. The van der Waals surface area contributed by atoms with E-state index in [-0.39, 0.29) is 6.04 Å². The molecule has 7 nitrogen and oxygen atoms in total. The van der Waals surface area contributed by atoms with Crippen molar-refractivity contribution in [2.45, 2.75) is 19.9 Å². The van der Waals surface area contributed by atoms with E-state index in [0.29, 0.717) is 33.5 Å². The summed E-state index contributed by atoms with van der Waals surface area (Å²) < 4.78 is 0. The van der Waals surface area contributed by atoms with Crippen LogP contribution in [0.4, 0.5) is 17.3 Å². The number of nitrogens with one attached hydrogen (secondary N) is 2. The molecule has 0 aliphatic heterocycles. The number of primary amides is 1. The van der Waals surface area contributed by atoms with Gasteiger partial charge in [-0.15, -0.1) is 0 Å². The van der Waals surface area contributed by atoms with Crippen molar-refractivity contribution in [3.8, 4) is 6.07 Å². The monoisotopic (exact) mass is 330 g/mol. The van der Waals surface area contributed by atoms with E-state index >= 15 is 0 Å². The number of carbonyl (C=O) groups excluding carboxylic acids is 1. The molecule has 0 unspecified atom stereocenters. The lowest BCUT2D eigenvalue weighted by molar-refractivity contribution is 0.100. The van der Waals surface area contributed by atoms with Crippen molar-refractivity contribution in [3.63, 3.8) is 0 Å². The minimum atomic E-state index is -0.568. The van der Waals surface area contributed by atoms with E-state index in [9.17, 15) is 4.79 Å². The second-order valence-corrected chi connectivity index (χ2v) is 5.48. The molecule has 2 heterocycles. The van der Waals surface area contributed by atoms with Crippen molar-refractivity contribution in [1.82, 2.24) is 9.97 Å². The number of anilines is 3. The Morgan fingerprint density at radius 1 is 1.35 bits per heavy atom. The first-order chi connectivity index (χ1) is 10.9. The lowest BCUT2D eigenvalue weighted by Crippen LogP contribution is -2.18. The molecule has 0 aromatic carbocycles.